The van der Waals surface area contributed by atoms with Crippen LogP contribution in [-0.4, -0.2) is 23.0 Å². The van der Waals surface area contributed by atoms with Gasteiger partial charge >= 0.3 is 0 Å². The number of nitrogens with two attached hydrogens (primary N) is 1. The number of carbonyl (C=O) groups excluding carboxylic acids is 1. The Kier molecular flexibility index (Phi) is 3.27. The first-order valence-electron chi connectivity index (χ1n) is 7.25. The van der Waals surface area contributed by atoms with Crippen molar-refractivity contribution in [2.75, 3.05) is 7.11 Å². The zero-order chi connectivity index (χ0) is 15.0. The van der Waals surface area contributed by atoms with E-state index in [2.05, 4.69) is 23.0 Å². The van der Waals surface area contributed by atoms with E-state index in [0.29, 0.717) is 11.3 Å². The highest BCUT2D eigenvalue weighted by molar-refractivity contribution is 5.94. The molecule has 0 radical (unpaired) electrons. The molecule has 110 valence electrons. The predicted octanol–water partition coefficient (Wildman–Crippen LogP) is 2.57. The molecule has 1 aromatic carbocycles. The Balaban J connectivity index is 2.22. The smallest absolute Gasteiger partial charge is 0.268 e. The third-order valence-electron chi connectivity index (χ3n) is 4.29. The molecule has 0 atom stereocenters. The molecule has 21 heavy (non-hydrogen) atoms. The zero-order valence-electron chi connectivity index (χ0n) is 12.3. The van der Waals surface area contributed by atoms with Crippen LogP contribution in [0.3, 0.4) is 0 Å². The van der Waals surface area contributed by atoms with Crippen molar-refractivity contribution in [2.45, 2.75) is 38.0 Å². The molecule has 1 saturated carbocycles. The molecule has 1 heterocycles. The second-order valence-electron chi connectivity index (χ2n) is 5.66. The van der Waals surface area contributed by atoms with E-state index >= 15 is 0 Å². The van der Waals surface area contributed by atoms with Gasteiger partial charge in [0.05, 0.1) is 18.8 Å². The van der Waals surface area contributed by atoms with Gasteiger partial charge in [-0.3, -0.25) is 9.78 Å². The average Bonchev–Trinajstić information content (AvgIpc) is 3.26. The van der Waals surface area contributed by atoms with E-state index < -0.39 is 5.91 Å². The first-order valence-corrected chi connectivity index (χ1v) is 7.25. The summed E-state index contributed by atoms with van der Waals surface area (Å²) >= 11 is 0. The number of benzene rings is 1. The number of amides is 1. The van der Waals surface area contributed by atoms with E-state index in [-0.39, 0.29) is 11.1 Å². The summed E-state index contributed by atoms with van der Waals surface area (Å²) in [4.78, 5) is 20.1. The van der Waals surface area contributed by atoms with Crippen molar-refractivity contribution in [1.82, 2.24) is 9.97 Å². The van der Waals surface area contributed by atoms with Crippen LogP contribution in [0.15, 0.2) is 18.3 Å². The second-order valence-corrected chi connectivity index (χ2v) is 5.66. The molecular weight excluding hydrogens is 266 g/mol. The summed E-state index contributed by atoms with van der Waals surface area (Å²) in [5.41, 5.74) is 8.34. The standard InChI is InChI=1S/C16H19N3O2/c1-3-6-16(7-8-16)10-4-5-12(21-2)14-13(10)18-9-11(19-14)15(17)20/h4-5,9H,3,6-8H2,1-2H3,(H2,17,20). The maximum absolute atomic E-state index is 11.3. The SMILES string of the molecule is CCCC1(c2ccc(OC)c3nc(C(N)=O)cnc23)CC1. The minimum absolute atomic E-state index is 0.165. The van der Waals surface area contributed by atoms with E-state index in [4.69, 9.17) is 10.5 Å². The van der Waals surface area contributed by atoms with Gasteiger partial charge in [-0.25, -0.2) is 4.98 Å². The third-order valence-corrected chi connectivity index (χ3v) is 4.29. The van der Waals surface area contributed by atoms with Gasteiger partial charge in [0.25, 0.3) is 5.91 Å². The fourth-order valence-corrected chi connectivity index (χ4v) is 3.07. The summed E-state index contributed by atoms with van der Waals surface area (Å²) < 4.78 is 5.36. The molecule has 2 N–H and O–H groups in total. The molecule has 3 rings (SSSR count). The average molecular weight is 285 g/mol. The van der Waals surface area contributed by atoms with Gasteiger partial charge in [0.15, 0.2) is 0 Å². The lowest BCUT2D eigenvalue weighted by molar-refractivity contribution is 0.0995. The Morgan fingerprint density at radius 2 is 2.14 bits per heavy atom. The highest BCUT2D eigenvalue weighted by atomic mass is 16.5. The number of hydrogen-bond acceptors (Lipinski definition) is 4. The lowest BCUT2D eigenvalue weighted by Crippen LogP contribution is -2.15. The number of primary amides is 1. The molecule has 2 aromatic rings. The van der Waals surface area contributed by atoms with Crippen molar-refractivity contribution in [3.63, 3.8) is 0 Å². The van der Waals surface area contributed by atoms with E-state index in [1.807, 2.05) is 6.07 Å². The van der Waals surface area contributed by atoms with E-state index in [1.54, 1.807) is 7.11 Å². The second kappa shape index (κ2) is 4.98. The number of hydrogen-bond donors (Lipinski definition) is 1. The van der Waals surface area contributed by atoms with Crippen molar-refractivity contribution in [3.05, 3.63) is 29.6 Å². The van der Waals surface area contributed by atoms with Crippen LogP contribution in [0.1, 0.15) is 48.7 Å². The molecule has 1 aliphatic rings. The van der Waals surface area contributed by atoms with Gasteiger partial charge in [0.1, 0.15) is 17.0 Å². The molecule has 0 unspecified atom stereocenters. The Labute approximate surface area is 123 Å². The summed E-state index contributed by atoms with van der Waals surface area (Å²) in [6.45, 7) is 2.20. The highest BCUT2D eigenvalue weighted by Gasteiger charge is 2.44. The van der Waals surface area contributed by atoms with Crippen molar-refractivity contribution < 1.29 is 9.53 Å². The Morgan fingerprint density at radius 1 is 1.38 bits per heavy atom. The molecule has 1 amide bonds. The summed E-state index contributed by atoms with van der Waals surface area (Å²) in [6.07, 6.45) is 6.10. The molecular formula is C16H19N3O2. The third kappa shape index (κ3) is 2.22. The van der Waals surface area contributed by atoms with Crippen LogP contribution < -0.4 is 10.5 Å². The molecule has 0 spiro atoms. The van der Waals surface area contributed by atoms with Gasteiger partial charge in [-0.05, 0) is 36.3 Å². The number of methoxy groups -OCH3 is 1. The minimum Gasteiger partial charge on any atom is -0.494 e. The van der Waals surface area contributed by atoms with Crippen LogP contribution in [0.5, 0.6) is 5.75 Å². The van der Waals surface area contributed by atoms with Gasteiger partial charge in [-0.15, -0.1) is 0 Å². The maximum atomic E-state index is 11.3. The summed E-state index contributed by atoms with van der Waals surface area (Å²) in [7, 11) is 1.59. The molecule has 1 fully saturated rings. The molecule has 0 saturated heterocycles. The highest BCUT2D eigenvalue weighted by Crippen LogP contribution is 2.53. The van der Waals surface area contributed by atoms with E-state index in [1.165, 1.54) is 24.6 Å². The summed E-state index contributed by atoms with van der Waals surface area (Å²) in [5, 5.41) is 0. The molecule has 5 nitrogen and oxygen atoms in total. The number of rotatable bonds is 5. The molecule has 1 aliphatic carbocycles. The molecule has 5 heteroatoms. The topological polar surface area (TPSA) is 78.1 Å². The quantitative estimate of drug-likeness (QED) is 0.915. The van der Waals surface area contributed by atoms with E-state index in [9.17, 15) is 4.79 Å². The Hall–Kier alpha value is -2.17. The van der Waals surface area contributed by atoms with Crippen molar-refractivity contribution in [1.29, 1.82) is 0 Å². The number of ether oxygens (including phenoxy) is 1. The van der Waals surface area contributed by atoms with Crippen LogP contribution in [0.25, 0.3) is 11.0 Å². The normalized spacial score (nSPS) is 15.9. The van der Waals surface area contributed by atoms with Gasteiger partial charge in [-0.2, -0.15) is 0 Å². The largest absolute Gasteiger partial charge is 0.494 e. The molecule has 1 aromatic heterocycles. The molecule has 0 bridgehead atoms. The summed E-state index contributed by atoms with van der Waals surface area (Å²) in [6, 6.07) is 4.00. The van der Waals surface area contributed by atoms with E-state index in [0.717, 1.165) is 18.4 Å². The van der Waals surface area contributed by atoms with Crippen LogP contribution in [0.2, 0.25) is 0 Å². The number of fused-ring (bicyclic) bond motifs is 1. The van der Waals surface area contributed by atoms with Gasteiger partial charge in [0.2, 0.25) is 0 Å². The fraction of sp³-hybridized carbons (Fsp3) is 0.438. The number of aromatic nitrogens is 2. The van der Waals surface area contributed by atoms with Gasteiger partial charge in [-0.1, -0.05) is 19.4 Å². The lowest BCUT2D eigenvalue weighted by Gasteiger charge is -2.17. The minimum atomic E-state index is -0.577. The van der Waals surface area contributed by atoms with Gasteiger partial charge in [0, 0.05) is 0 Å². The monoisotopic (exact) mass is 285 g/mol. The van der Waals surface area contributed by atoms with Crippen molar-refractivity contribution in [2.24, 2.45) is 5.73 Å². The summed E-state index contributed by atoms with van der Waals surface area (Å²) in [5.74, 6) is 0.0446. The fourth-order valence-electron chi connectivity index (χ4n) is 3.07. The van der Waals surface area contributed by atoms with Crippen LogP contribution in [0.4, 0.5) is 0 Å². The lowest BCUT2D eigenvalue weighted by atomic mass is 9.90. The first kappa shape index (κ1) is 13.8. The molecule has 0 aliphatic heterocycles. The first-order chi connectivity index (χ1) is 10.1. The van der Waals surface area contributed by atoms with Crippen molar-refractivity contribution >= 4 is 16.9 Å². The van der Waals surface area contributed by atoms with Crippen LogP contribution in [-0.2, 0) is 5.41 Å². The van der Waals surface area contributed by atoms with Crippen molar-refractivity contribution in [3.8, 4) is 5.75 Å². The Morgan fingerprint density at radius 3 is 2.71 bits per heavy atom. The zero-order valence-corrected chi connectivity index (χ0v) is 12.3. The number of nitrogens with zero attached hydrogens (tertiary/aromatic N) is 2. The predicted molar refractivity (Wildman–Crippen MR) is 80.4 cm³/mol. The van der Waals surface area contributed by atoms with Gasteiger partial charge < -0.3 is 10.5 Å². The van der Waals surface area contributed by atoms with Crippen LogP contribution >= 0.6 is 0 Å². The Bertz CT molecular complexity index is 708. The maximum Gasteiger partial charge on any atom is 0.268 e. The number of carbonyl (C=O) groups is 1. The van der Waals surface area contributed by atoms with Crippen LogP contribution in [0, 0.1) is 0 Å².